The molecule has 0 aliphatic carbocycles. The maximum atomic E-state index is 13.6. The van der Waals surface area contributed by atoms with Gasteiger partial charge in [-0.05, 0) is 48.9 Å². The summed E-state index contributed by atoms with van der Waals surface area (Å²) in [4.78, 5) is 19.9. The quantitative estimate of drug-likeness (QED) is 0.343. The first-order chi connectivity index (χ1) is 15.1. The molecule has 0 aliphatic heterocycles. The number of aromatic nitrogens is 2. The second-order valence-corrected chi connectivity index (χ2v) is 7.80. The van der Waals surface area contributed by atoms with Crippen LogP contribution in [0.5, 0.6) is 0 Å². The molecule has 1 heterocycles. The second-order valence-electron chi connectivity index (χ2n) is 7.40. The average molecular weight is 436 g/mol. The molecule has 0 saturated heterocycles. The summed E-state index contributed by atoms with van der Waals surface area (Å²) in [5.74, 6) is 0.0382. The average Bonchev–Trinajstić information content (AvgIpc) is 3.16. The summed E-state index contributed by atoms with van der Waals surface area (Å²) in [5, 5.41) is -0.0576. The highest BCUT2D eigenvalue weighted by Gasteiger charge is 2.21. The number of halogens is 2. The Labute approximate surface area is 185 Å². The predicted octanol–water partition coefficient (Wildman–Crippen LogP) is 6.26. The Hall–Kier alpha value is -3.18. The molecule has 4 aromatic rings. The highest BCUT2D eigenvalue weighted by Crippen LogP contribution is 2.24. The molecule has 0 unspecified atom stereocenters. The van der Waals surface area contributed by atoms with Crippen molar-refractivity contribution in [3.63, 3.8) is 0 Å². The first-order valence-electron chi connectivity index (χ1n) is 10.3. The van der Waals surface area contributed by atoms with Crippen LogP contribution in [-0.4, -0.2) is 26.9 Å². The van der Waals surface area contributed by atoms with Crippen molar-refractivity contribution in [2.75, 3.05) is 6.54 Å². The molecule has 0 atom stereocenters. The summed E-state index contributed by atoms with van der Waals surface area (Å²) in [6, 6.07) is 22.0. The van der Waals surface area contributed by atoms with E-state index >= 15 is 0 Å². The van der Waals surface area contributed by atoms with Gasteiger partial charge in [-0.1, -0.05) is 55.3 Å². The topological polar surface area (TPSA) is 38.1 Å². The third-order valence-corrected chi connectivity index (χ3v) is 5.50. The molecule has 4 nitrogen and oxygen atoms in total. The van der Waals surface area contributed by atoms with Gasteiger partial charge in [0.25, 0.3) is 5.91 Å². The SMILES string of the molecule is CCCCN(Cc1nc2ccccc2n1-c1ccccc1)C(=O)c1ccc(F)c(Cl)c1. The fraction of sp³-hybridized carbons (Fsp3) is 0.200. The lowest BCUT2D eigenvalue weighted by Crippen LogP contribution is -2.32. The van der Waals surface area contributed by atoms with Gasteiger partial charge in [0.05, 0.1) is 22.6 Å². The molecule has 6 heteroatoms. The molecule has 0 bridgehead atoms. The summed E-state index contributed by atoms with van der Waals surface area (Å²) in [6.45, 7) is 2.98. The van der Waals surface area contributed by atoms with Crippen molar-refractivity contribution in [1.82, 2.24) is 14.5 Å². The van der Waals surface area contributed by atoms with Gasteiger partial charge in [0.15, 0.2) is 0 Å². The Morgan fingerprint density at radius 3 is 2.55 bits per heavy atom. The largest absolute Gasteiger partial charge is 0.331 e. The van der Waals surface area contributed by atoms with Crippen molar-refractivity contribution in [3.05, 3.63) is 95.0 Å². The van der Waals surface area contributed by atoms with E-state index < -0.39 is 5.82 Å². The number of hydrogen-bond acceptors (Lipinski definition) is 2. The van der Waals surface area contributed by atoms with Gasteiger partial charge in [-0.2, -0.15) is 0 Å². The zero-order chi connectivity index (χ0) is 21.8. The van der Waals surface area contributed by atoms with E-state index in [9.17, 15) is 9.18 Å². The van der Waals surface area contributed by atoms with Crippen molar-refractivity contribution in [2.24, 2.45) is 0 Å². The van der Waals surface area contributed by atoms with Gasteiger partial charge in [0.2, 0.25) is 0 Å². The number of amides is 1. The first-order valence-corrected chi connectivity index (χ1v) is 10.7. The van der Waals surface area contributed by atoms with Crippen LogP contribution >= 0.6 is 11.6 Å². The number of imidazole rings is 1. The fourth-order valence-corrected chi connectivity index (χ4v) is 3.81. The Morgan fingerprint density at radius 2 is 1.81 bits per heavy atom. The van der Waals surface area contributed by atoms with Crippen LogP contribution in [0.3, 0.4) is 0 Å². The maximum Gasteiger partial charge on any atom is 0.254 e. The Kier molecular flexibility index (Phi) is 6.33. The van der Waals surface area contributed by atoms with Crippen LogP contribution in [-0.2, 0) is 6.54 Å². The van der Waals surface area contributed by atoms with Gasteiger partial charge < -0.3 is 4.90 Å². The van der Waals surface area contributed by atoms with Crippen LogP contribution in [0.4, 0.5) is 4.39 Å². The van der Waals surface area contributed by atoms with Gasteiger partial charge in [-0.25, -0.2) is 9.37 Å². The number of benzene rings is 3. The molecular weight excluding hydrogens is 413 g/mol. The van der Waals surface area contributed by atoms with Crippen molar-refractivity contribution in [3.8, 4) is 5.69 Å². The standard InChI is InChI=1S/C25H23ClFN3O/c1-2-3-15-29(25(31)18-13-14-21(27)20(26)16-18)17-24-28-22-11-7-8-12-23(22)30(24)19-9-5-4-6-10-19/h4-14,16H,2-3,15,17H2,1H3. The fourth-order valence-electron chi connectivity index (χ4n) is 3.63. The third-order valence-electron chi connectivity index (χ3n) is 5.21. The second kappa shape index (κ2) is 9.31. The lowest BCUT2D eigenvalue weighted by molar-refractivity contribution is 0.0736. The summed E-state index contributed by atoms with van der Waals surface area (Å²) in [7, 11) is 0. The Morgan fingerprint density at radius 1 is 1.06 bits per heavy atom. The summed E-state index contributed by atoms with van der Waals surface area (Å²) in [5.41, 5.74) is 3.20. The van der Waals surface area contributed by atoms with E-state index in [-0.39, 0.29) is 10.9 Å². The molecule has 4 rings (SSSR count). The maximum absolute atomic E-state index is 13.6. The van der Waals surface area contributed by atoms with Crippen molar-refractivity contribution < 1.29 is 9.18 Å². The molecule has 1 aromatic heterocycles. The van der Waals surface area contributed by atoms with E-state index in [0.717, 1.165) is 35.4 Å². The number of nitrogens with zero attached hydrogens (tertiary/aromatic N) is 3. The summed E-state index contributed by atoms with van der Waals surface area (Å²) in [6.07, 6.45) is 1.80. The number of hydrogen-bond donors (Lipinski definition) is 0. The van der Waals surface area contributed by atoms with Crippen LogP contribution < -0.4 is 0 Å². The molecule has 31 heavy (non-hydrogen) atoms. The summed E-state index contributed by atoms with van der Waals surface area (Å²) < 4.78 is 15.7. The highest BCUT2D eigenvalue weighted by atomic mass is 35.5. The van der Waals surface area contributed by atoms with Gasteiger partial charge in [0, 0.05) is 17.8 Å². The van der Waals surface area contributed by atoms with E-state index in [0.29, 0.717) is 18.7 Å². The molecule has 0 radical (unpaired) electrons. The van der Waals surface area contributed by atoms with Crippen LogP contribution in [0.2, 0.25) is 5.02 Å². The third kappa shape index (κ3) is 4.47. The number of para-hydroxylation sites is 3. The molecule has 0 saturated carbocycles. The number of carbonyl (C=O) groups is 1. The van der Waals surface area contributed by atoms with Gasteiger partial charge in [-0.15, -0.1) is 0 Å². The van der Waals surface area contributed by atoms with Gasteiger partial charge >= 0.3 is 0 Å². The van der Waals surface area contributed by atoms with E-state index in [2.05, 4.69) is 11.5 Å². The van der Waals surface area contributed by atoms with E-state index in [1.165, 1.54) is 18.2 Å². The molecule has 0 fully saturated rings. The van der Waals surface area contributed by atoms with Crippen LogP contribution in [0, 0.1) is 5.82 Å². The van der Waals surface area contributed by atoms with E-state index in [1.807, 2.05) is 54.6 Å². The minimum Gasteiger partial charge on any atom is -0.331 e. The minimum atomic E-state index is -0.538. The summed E-state index contributed by atoms with van der Waals surface area (Å²) >= 11 is 5.92. The molecule has 158 valence electrons. The highest BCUT2D eigenvalue weighted by molar-refractivity contribution is 6.31. The zero-order valence-electron chi connectivity index (χ0n) is 17.3. The molecule has 1 amide bonds. The number of carbonyl (C=O) groups excluding carboxylic acids is 1. The Bertz CT molecular complexity index is 1210. The van der Waals surface area contributed by atoms with Crippen molar-refractivity contribution >= 4 is 28.5 Å². The molecule has 0 spiro atoms. The number of fused-ring (bicyclic) bond motifs is 1. The van der Waals surface area contributed by atoms with Crippen LogP contribution in [0.1, 0.15) is 35.9 Å². The van der Waals surface area contributed by atoms with E-state index in [4.69, 9.17) is 16.6 Å². The van der Waals surface area contributed by atoms with Crippen LogP contribution in [0.25, 0.3) is 16.7 Å². The van der Waals surface area contributed by atoms with Crippen molar-refractivity contribution in [2.45, 2.75) is 26.3 Å². The van der Waals surface area contributed by atoms with E-state index in [1.54, 1.807) is 4.90 Å². The number of rotatable bonds is 7. The number of unbranched alkanes of at least 4 members (excludes halogenated alkanes) is 1. The molecular formula is C25H23ClFN3O. The molecule has 0 N–H and O–H groups in total. The van der Waals surface area contributed by atoms with Gasteiger partial charge in [-0.3, -0.25) is 9.36 Å². The van der Waals surface area contributed by atoms with Gasteiger partial charge in [0.1, 0.15) is 11.6 Å². The lowest BCUT2D eigenvalue weighted by Gasteiger charge is -2.23. The Balaban J connectivity index is 1.75. The smallest absolute Gasteiger partial charge is 0.254 e. The molecule has 0 aliphatic rings. The predicted molar refractivity (Wildman–Crippen MR) is 122 cm³/mol. The lowest BCUT2D eigenvalue weighted by atomic mass is 10.1. The van der Waals surface area contributed by atoms with Crippen LogP contribution in [0.15, 0.2) is 72.8 Å². The van der Waals surface area contributed by atoms with Crippen molar-refractivity contribution in [1.29, 1.82) is 0 Å². The first kappa shape index (κ1) is 21.1. The monoisotopic (exact) mass is 435 g/mol. The zero-order valence-corrected chi connectivity index (χ0v) is 18.0. The normalized spacial score (nSPS) is 11.1. The minimum absolute atomic E-state index is 0.0576. The molecule has 3 aromatic carbocycles.